The molecule has 2 aromatic carbocycles. The van der Waals surface area contributed by atoms with Gasteiger partial charge in [0.05, 0.1) is 38.7 Å². The molecule has 320 valence electrons. The topological polar surface area (TPSA) is 171 Å². The summed E-state index contributed by atoms with van der Waals surface area (Å²) in [6.07, 6.45) is 5.83. The van der Waals surface area contributed by atoms with E-state index >= 15 is 4.79 Å². The van der Waals surface area contributed by atoms with E-state index in [0.29, 0.717) is 99.5 Å². The van der Waals surface area contributed by atoms with E-state index in [1.54, 1.807) is 6.07 Å². The highest BCUT2D eigenvalue weighted by molar-refractivity contribution is 5.96. The SMILES string of the molecule is CC[C@]1(O)C[C@@H]2CN(CCc3c([nH]c4ccccc34)C(C(=O)OC)(c3cc4c(cc3OC)N(C=O)[C@H]3[C@@](O)(C(=O)OC)[C@H](OC(C)=O)[C@]5(CC)C=CCN6CC[C@]43[C@@H]65)C2)C1. The van der Waals surface area contributed by atoms with E-state index in [4.69, 9.17) is 18.9 Å². The number of piperidine rings is 1. The van der Waals surface area contributed by atoms with E-state index in [1.165, 1.54) is 33.2 Å². The van der Waals surface area contributed by atoms with Crippen LogP contribution in [0, 0.1) is 11.3 Å². The lowest BCUT2D eigenvalue weighted by atomic mass is 9.47. The van der Waals surface area contributed by atoms with E-state index in [1.807, 2.05) is 50.3 Å². The van der Waals surface area contributed by atoms with Gasteiger partial charge in [0.2, 0.25) is 12.0 Å². The number of H-pyrrole nitrogens is 1. The predicted octanol–water partition coefficient (Wildman–Crippen LogP) is 3.52. The molecular formula is C46H56N4O10. The van der Waals surface area contributed by atoms with Gasteiger partial charge in [-0.25, -0.2) is 4.79 Å². The van der Waals surface area contributed by atoms with Crippen molar-refractivity contribution in [2.75, 3.05) is 59.0 Å². The van der Waals surface area contributed by atoms with Crippen LogP contribution in [0.5, 0.6) is 5.75 Å². The van der Waals surface area contributed by atoms with Crippen LogP contribution in [0.2, 0.25) is 0 Å². The maximum absolute atomic E-state index is 15.3. The molecule has 1 saturated carbocycles. The van der Waals surface area contributed by atoms with Gasteiger partial charge in [-0.1, -0.05) is 44.2 Å². The van der Waals surface area contributed by atoms with Gasteiger partial charge in [-0.3, -0.25) is 24.2 Å². The zero-order valence-electron chi connectivity index (χ0n) is 35.3. The van der Waals surface area contributed by atoms with E-state index in [2.05, 4.69) is 20.9 Å². The minimum atomic E-state index is -2.53. The van der Waals surface area contributed by atoms with Gasteiger partial charge in [-0.05, 0) is 74.2 Å². The van der Waals surface area contributed by atoms with Gasteiger partial charge >= 0.3 is 17.9 Å². The van der Waals surface area contributed by atoms with Crippen molar-refractivity contribution in [3.63, 3.8) is 0 Å². The summed E-state index contributed by atoms with van der Waals surface area (Å²) in [6.45, 7) is 8.16. The van der Waals surface area contributed by atoms with E-state index in [9.17, 15) is 24.6 Å². The first-order chi connectivity index (χ1) is 28.8. The molecule has 14 nitrogen and oxygen atoms in total. The first-order valence-corrected chi connectivity index (χ1v) is 21.3. The number of carbonyl (C=O) groups excluding carboxylic acids is 4. The standard InChI is InChI=1S/C46H56N4O10/c1-7-42(55)22-28-23-45(40(53)58-5,36-30(14-18-48(24-28)25-42)29-12-9-10-13-33(29)47-36)32-20-31-34(21-35(32)57-4)50(26-51)38-44(31)16-19-49-17-11-15-43(8-2,37(44)49)39(60-27(3)52)46(38,56)41(54)59-6/h9-13,15,20-21,26,28,37-39,47,55-56H,7-8,14,16-19,22-25H2,1-6H3/t28-,37-,38+,39+,42-,43+,44+,45?,46-/m0/s1. The Morgan fingerprint density at radius 1 is 0.967 bits per heavy atom. The minimum absolute atomic E-state index is 0.155. The third kappa shape index (κ3) is 5.19. The molecule has 6 aliphatic rings. The van der Waals surface area contributed by atoms with Crippen molar-refractivity contribution >= 4 is 40.9 Å². The van der Waals surface area contributed by atoms with Crippen molar-refractivity contribution in [3.05, 3.63) is 70.9 Å². The van der Waals surface area contributed by atoms with Crippen LogP contribution in [-0.2, 0) is 50.6 Å². The Bertz CT molecular complexity index is 2310. The summed E-state index contributed by atoms with van der Waals surface area (Å²) >= 11 is 0. The summed E-state index contributed by atoms with van der Waals surface area (Å²) in [6, 6.07) is 9.97. The highest BCUT2D eigenvalue weighted by Crippen LogP contribution is 2.68. The van der Waals surface area contributed by atoms with Crippen LogP contribution in [0.3, 0.4) is 0 Å². The molecule has 1 aliphatic carbocycles. The van der Waals surface area contributed by atoms with Crippen molar-refractivity contribution in [2.24, 2.45) is 11.3 Å². The summed E-state index contributed by atoms with van der Waals surface area (Å²) in [7, 11) is 4.09. The number of hydrogen-bond acceptors (Lipinski definition) is 12. The number of benzene rings is 2. The fourth-order valence-electron chi connectivity index (χ4n) is 13.4. The van der Waals surface area contributed by atoms with Gasteiger partial charge in [-0.15, -0.1) is 0 Å². The molecule has 60 heavy (non-hydrogen) atoms. The maximum Gasteiger partial charge on any atom is 0.344 e. The third-order valence-corrected chi connectivity index (χ3v) is 15.5. The van der Waals surface area contributed by atoms with Crippen LogP contribution in [0.15, 0.2) is 48.6 Å². The highest BCUT2D eigenvalue weighted by atomic mass is 16.6. The molecule has 1 aromatic heterocycles. The summed E-state index contributed by atoms with van der Waals surface area (Å²) in [5.74, 6) is -2.06. The second-order valence-electron chi connectivity index (χ2n) is 18.1. The molecule has 3 fully saturated rings. The van der Waals surface area contributed by atoms with Gasteiger partial charge in [-0.2, -0.15) is 0 Å². The molecule has 3 N–H and O–H groups in total. The number of para-hydroxylation sites is 1. The number of esters is 3. The Morgan fingerprint density at radius 3 is 2.42 bits per heavy atom. The number of amides is 1. The highest BCUT2D eigenvalue weighted by Gasteiger charge is 2.81. The Morgan fingerprint density at radius 2 is 1.73 bits per heavy atom. The van der Waals surface area contributed by atoms with Crippen LogP contribution < -0.4 is 9.64 Å². The number of nitrogens with zero attached hydrogens (tertiary/aromatic N) is 3. The lowest BCUT2D eigenvalue weighted by molar-refractivity contribution is -0.228. The smallest absolute Gasteiger partial charge is 0.344 e. The number of hydrogen-bond donors (Lipinski definition) is 3. The normalized spacial score (nSPS) is 36.5. The summed E-state index contributed by atoms with van der Waals surface area (Å²) in [5.41, 5.74) is -3.15. The number of carbonyl (C=O) groups is 4. The first kappa shape index (κ1) is 40.6. The van der Waals surface area contributed by atoms with Crippen LogP contribution in [0.4, 0.5) is 5.69 Å². The van der Waals surface area contributed by atoms with Crippen molar-refractivity contribution in [1.29, 1.82) is 0 Å². The number of aromatic amines is 1. The van der Waals surface area contributed by atoms with Crippen molar-refractivity contribution in [2.45, 2.75) is 99.5 Å². The van der Waals surface area contributed by atoms with E-state index in [0.717, 1.165) is 16.5 Å². The average Bonchev–Trinajstić information content (AvgIpc) is 3.92. The molecule has 3 aromatic rings. The lowest BCUT2D eigenvalue weighted by Crippen LogP contribution is -2.81. The van der Waals surface area contributed by atoms with Crippen molar-refractivity contribution < 1.29 is 48.3 Å². The van der Waals surface area contributed by atoms with Crippen molar-refractivity contribution in [3.8, 4) is 5.75 Å². The van der Waals surface area contributed by atoms with E-state index < -0.39 is 63.5 Å². The molecule has 2 saturated heterocycles. The van der Waals surface area contributed by atoms with Crippen LogP contribution in [0.1, 0.15) is 75.3 Å². The number of ether oxygens (including phenoxy) is 4. The lowest BCUT2D eigenvalue weighted by Gasteiger charge is -2.63. The zero-order chi connectivity index (χ0) is 42.6. The fourth-order valence-corrected chi connectivity index (χ4v) is 13.4. The maximum atomic E-state index is 15.3. The van der Waals surface area contributed by atoms with Crippen molar-refractivity contribution in [1.82, 2.24) is 14.8 Å². The molecule has 1 amide bonds. The fraction of sp³-hybridized carbons (Fsp3) is 0.565. The summed E-state index contributed by atoms with van der Waals surface area (Å²) < 4.78 is 23.7. The van der Waals surface area contributed by atoms with Gasteiger partial charge in [0.1, 0.15) is 11.2 Å². The minimum Gasteiger partial charge on any atom is -0.496 e. The van der Waals surface area contributed by atoms with Gasteiger partial charge in [0, 0.05) is 78.2 Å². The Hall–Kier alpha value is -4.76. The van der Waals surface area contributed by atoms with Crippen LogP contribution >= 0.6 is 0 Å². The molecule has 0 radical (unpaired) electrons. The number of nitrogens with one attached hydrogen (secondary N) is 1. The predicted molar refractivity (Wildman–Crippen MR) is 221 cm³/mol. The Kier molecular flexibility index (Phi) is 9.58. The second kappa shape index (κ2) is 14.1. The van der Waals surface area contributed by atoms with Gasteiger partial charge in [0.25, 0.3) is 0 Å². The monoisotopic (exact) mass is 824 g/mol. The average molecular weight is 825 g/mol. The molecule has 14 heteroatoms. The number of methoxy groups -OCH3 is 3. The molecule has 6 heterocycles. The molecule has 2 unspecified atom stereocenters. The molecule has 5 aliphatic heterocycles. The first-order valence-electron chi connectivity index (χ1n) is 21.3. The second-order valence-corrected chi connectivity index (χ2v) is 18.1. The summed E-state index contributed by atoms with van der Waals surface area (Å²) in [4.78, 5) is 66.1. The number of aliphatic hydroxyl groups is 2. The Balaban J connectivity index is 1.38. The number of anilines is 1. The molecule has 1 spiro atoms. The molecule has 9 rings (SSSR count). The largest absolute Gasteiger partial charge is 0.496 e. The van der Waals surface area contributed by atoms with Crippen LogP contribution in [0.25, 0.3) is 10.9 Å². The quantitative estimate of drug-likeness (QED) is 0.131. The van der Waals surface area contributed by atoms with Crippen LogP contribution in [-0.4, -0.2) is 133 Å². The van der Waals surface area contributed by atoms with E-state index in [-0.39, 0.29) is 12.3 Å². The third-order valence-electron chi connectivity index (χ3n) is 15.5. The Labute approximate surface area is 349 Å². The summed E-state index contributed by atoms with van der Waals surface area (Å²) in [5, 5.41) is 26.3. The number of fused-ring (bicyclic) bond motifs is 6. The molecule has 10 atom stereocenters. The van der Waals surface area contributed by atoms with Gasteiger partial charge < -0.3 is 39.0 Å². The van der Waals surface area contributed by atoms with Gasteiger partial charge in [0.15, 0.2) is 6.10 Å². The molecule has 2 bridgehead atoms. The number of rotatable bonds is 8. The molecular weight excluding hydrogens is 769 g/mol. The number of aromatic nitrogens is 1. The zero-order valence-corrected chi connectivity index (χ0v) is 35.3.